The Hall–Kier alpha value is -6.54. The number of likely N-dealkylation sites (N-methyl/N-ethyl adjacent to an activating group) is 1. The molecule has 1 amide bonds. The average Bonchev–Trinajstić information content (AvgIpc) is 3.14. The molecule has 11 heteroatoms. The Morgan fingerprint density at radius 3 is 1.49 bits per heavy atom. The molecule has 4 aromatic carbocycles. The van der Waals surface area contributed by atoms with E-state index < -0.39 is 0 Å². The van der Waals surface area contributed by atoms with Gasteiger partial charge in [0.1, 0.15) is 6.07 Å². The van der Waals surface area contributed by atoms with Gasteiger partial charge in [-0.25, -0.2) is 0 Å². The number of nitrogens with zero attached hydrogens (tertiary/aromatic N) is 6. The summed E-state index contributed by atoms with van der Waals surface area (Å²) < 4.78 is 0. The molecule has 2 N–H and O–H groups in total. The molecule has 0 saturated carbocycles. The normalized spacial score (nSPS) is 16.9. The number of azo groups is 2. The average molecular weight is 735 g/mol. The summed E-state index contributed by atoms with van der Waals surface area (Å²) in [5.41, 5.74) is 8.15. The van der Waals surface area contributed by atoms with Crippen molar-refractivity contribution in [3.63, 3.8) is 0 Å². The van der Waals surface area contributed by atoms with Gasteiger partial charge in [0.25, 0.3) is 5.91 Å². The highest BCUT2D eigenvalue weighted by molar-refractivity contribution is 6.01. The van der Waals surface area contributed by atoms with Gasteiger partial charge in [-0.3, -0.25) is 14.4 Å². The van der Waals surface area contributed by atoms with Crippen LogP contribution in [0, 0.1) is 11.3 Å². The Morgan fingerprint density at radius 2 is 1.05 bits per heavy atom. The first-order valence-electron chi connectivity index (χ1n) is 18.0. The topological polar surface area (TPSA) is 152 Å². The second-order valence-electron chi connectivity index (χ2n) is 15.1. The predicted molar refractivity (Wildman–Crippen MR) is 215 cm³/mol. The summed E-state index contributed by atoms with van der Waals surface area (Å²) >= 11 is 0. The molecule has 6 rings (SSSR count). The number of fused-ring (bicyclic) bond motifs is 2. The fourth-order valence-electron chi connectivity index (χ4n) is 6.34. The molecule has 0 radical (unpaired) electrons. The number of allylic oxidation sites excluding steroid dienone is 1. The van der Waals surface area contributed by atoms with Crippen LogP contribution in [-0.2, 0) is 17.6 Å². The smallest absolute Gasteiger partial charge is 0.276 e. The third kappa shape index (κ3) is 9.91. The van der Waals surface area contributed by atoms with Crippen molar-refractivity contribution in [2.24, 2.45) is 20.5 Å². The van der Waals surface area contributed by atoms with Gasteiger partial charge in [0.05, 0.1) is 22.8 Å². The van der Waals surface area contributed by atoms with Crippen molar-refractivity contribution in [2.45, 2.75) is 65.5 Å². The lowest BCUT2D eigenvalue weighted by atomic mass is 9.85. The molecule has 280 valence electrons. The van der Waals surface area contributed by atoms with E-state index in [0.29, 0.717) is 33.9 Å². The molecular formula is C44H46N8O3. The second kappa shape index (κ2) is 16.6. The first-order valence-corrected chi connectivity index (χ1v) is 18.0. The quantitative estimate of drug-likeness (QED) is 0.0836. The molecule has 2 aliphatic rings. The van der Waals surface area contributed by atoms with Crippen molar-refractivity contribution in [3.05, 3.63) is 142 Å². The van der Waals surface area contributed by atoms with E-state index in [1.54, 1.807) is 62.6 Å². The van der Waals surface area contributed by atoms with Crippen LogP contribution in [0.3, 0.4) is 0 Å². The minimum atomic E-state index is -0.232. The van der Waals surface area contributed by atoms with Gasteiger partial charge < -0.3 is 15.5 Å². The maximum Gasteiger partial charge on any atom is 0.276 e. The fraction of sp³-hybridized carbons (Fsp3) is 0.273. The molecule has 55 heavy (non-hydrogen) atoms. The molecule has 0 bridgehead atoms. The second-order valence-corrected chi connectivity index (χ2v) is 15.1. The number of hydrogen-bond donors (Lipinski definition) is 2. The van der Waals surface area contributed by atoms with Crippen LogP contribution in [0.1, 0.15) is 84.5 Å². The van der Waals surface area contributed by atoms with Crippen LogP contribution < -0.4 is 10.6 Å². The van der Waals surface area contributed by atoms with Crippen LogP contribution in [0.2, 0.25) is 0 Å². The number of hydrogen-bond acceptors (Lipinski definition) is 10. The largest absolute Gasteiger partial charge is 0.377 e. The van der Waals surface area contributed by atoms with Crippen LogP contribution in [0.15, 0.2) is 129 Å². The van der Waals surface area contributed by atoms with Gasteiger partial charge in [-0.1, -0.05) is 48.5 Å². The summed E-state index contributed by atoms with van der Waals surface area (Å²) in [5.74, 6) is -0.244. The minimum absolute atomic E-state index is 0.00133. The number of Topliss-reactive ketones (excluding diaryl/α,β-unsaturated/α-hetero) is 2. The number of nitrogens with one attached hydrogen (secondary N) is 2. The van der Waals surface area contributed by atoms with Gasteiger partial charge in [0, 0.05) is 47.4 Å². The molecule has 11 nitrogen and oxygen atoms in total. The summed E-state index contributed by atoms with van der Waals surface area (Å²) in [7, 11) is 3.39. The fourth-order valence-corrected chi connectivity index (χ4v) is 6.34. The van der Waals surface area contributed by atoms with Crippen molar-refractivity contribution < 1.29 is 14.4 Å². The Kier molecular flexibility index (Phi) is 12.0. The number of rotatable bonds is 7. The molecule has 0 fully saturated rings. The van der Waals surface area contributed by atoms with Crippen molar-refractivity contribution in [1.29, 1.82) is 5.26 Å². The maximum absolute atomic E-state index is 13.0. The Morgan fingerprint density at radius 1 is 0.636 bits per heavy atom. The van der Waals surface area contributed by atoms with Gasteiger partial charge in [-0.2, -0.15) is 10.4 Å². The molecule has 0 aromatic heterocycles. The van der Waals surface area contributed by atoms with Gasteiger partial charge in [0.2, 0.25) is 0 Å². The van der Waals surface area contributed by atoms with Crippen LogP contribution >= 0.6 is 0 Å². The van der Waals surface area contributed by atoms with Gasteiger partial charge in [0.15, 0.2) is 23.0 Å². The summed E-state index contributed by atoms with van der Waals surface area (Å²) in [6, 6.07) is 31.9. The van der Waals surface area contributed by atoms with E-state index in [9.17, 15) is 19.6 Å². The van der Waals surface area contributed by atoms with Gasteiger partial charge in [-0.05, 0) is 114 Å². The van der Waals surface area contributed by atoms with E-state index in [-0.39, 0.29) is 39.9 Å². The summed E-state index contributed by atoms with van der Waals surface area (Å²) in [4.78, 5) is 37.2. The molecule has 2 heterocycles. The number of ketones is 2. The summed E-state index contributed by atoms with van der Waals surface area (Å²) in [6.07, 6.45) is 1.72. The van der Waals surface area contributed by atoms with Gasteiger partial charge in [-0.15, -0.1) is 15.3 Å². The third-order valence-corrected chi connectivity index (χ3v) is 9.03. The number of amides is 1. The molecule has 0 saturated heterocycles. The highest BCUT2D eigenvalue weighted by Crippen LogP contribution is 2.34. The number of benzene rings is 4. The van der Waals surface area contributed by atoms with Crippen molar-refractivity contribution in [2.75, 3.05) is 14.1 Å². The lowest BCUT2D eigenvalue weighted by molar-refractivity contribution is -0.124. The van der Waals surface area contributed by atoms with E-state index >= 15 is 0 Å². The van der Waals surface area contributed by atoms with Gasteiger partial charge >= 0.3 is 0 Å². The lowest BCUT2D eigenvalue weighted by Gasteiger charge is -2.36. The zero-order valence-corrected chi connectivity index (χ0v) is 32.6. The zero-order valence-electron chi connectivity index (χ0n) is 32.6. The van der Waals surface area contributed by atoms with E-state index in [0.717, 1.165) is 29.5 Å². The van der Waals surface area contributed by atoms with E-state index in [1.807, 2.05) is 36.4 Å². The van der Waals surface area contributed by atoms with Crippen molar-refractivity contribution in [1.82, 2.24) is 15.5 Å². The van der Waals surface area contributed by atoms with Crippen LogP contribution in [-0.4, -0.2) is 47.5 Å². The third-order valence-electron chi connectivity index (χ3n) is 9.03. The molecule has 0 spiro atoms. The summed E-state index contributed by atoms with van der Waals surface area (Å²) in [5, 5.41) is 33.5. The molecule has 0 unspecified atom stereocenters. The minimum Gasteiger partial charge on any atom is -0.377 e. The first kappa shape index (κ1) is 39.7. The van der Waals surface area contributed by atoms with E-state index in [2.05, 4.69) is 77.0 Å². The standard InChI is InChI=1S/C23H26N4O2.C21H20N4O/c1-15(28)16-10-12-18(13-11-16)25-26-21(22(29)27(4)5)20-19-9-7-6-8-17(19)14-23(2,3)24-20;1-14(26)15-8-10-17(11-9-15)24-25-19(13-22)20-18-7-5-4-6-16(18)12-21(2,3)23-20/h6-13,24H,14H2,1-5H3;4-11,23H,12H2,1-3H3/b21-20-,26-25+;20-19-,25-24+. The van der Waals surface area contributed by atoms with E-state index in [4.69, 9.17) is 0 Å². The Bertz CT molecular complexity index is 2270. The zero-order chi connectivity index (χ0) is 39.9. The number of nitriles is 1. The van der Waals surface area contributed by atoms with E-state index in [1.165, 1.54) is 24.3 Å². The number of carbonyl (C=O) groups is 3. The number of carbonyl (C=O) groups excluding carboxylic acids is 3. The maximum atomic E-state index is 13.0. The molecular weight excluding hydrogens is 689 g/mol. The molecule has 0 aliphatic carbocycles. The predicted octanol–water partition coefficient (Wildman–Crippen LogP) is 9.14. The lowest BCUT2D eigenvalue weighted by Crippen LogP contribution is -2.44. The highest BCUT2D eigenvalue weighted by Gasteiger charge is 2.32. The Labute approximate surface area is 322 Å². The van der Waals surface area contributed by atoms with Crippen LogP contribution in [0.5, 0.6) is 0 Å². The molecule has 4 aromatic rings. The summed E-state index contributed by atoms with van der Waals surface area (Å²) in [6.45, 7) is 11.4. The highest BCUT2D eigenvalue weighted by atomic mass is 16.2. The van der Waals surface area contributed by atoms with Crippen LogP contribution in [0.25, 0.3) is 11.4 Å². The Balaban J connectivity index is 0.000000212. The molecule has 2 aliphatic heterocycles. The molecule has 0 atom stereocenters. The van der Waals surface area contributed by atoms with Crippen molar-refractivity contribution in [3.8, 4) is 6.07 Å². The van der Waals surface area contributed by atoms with Crippen molar-refractivity contribution >= 4 is 40.2 Å². The monoisotopic (exact) mass is 734 g/mol. The first-order chi connectivity index (χ1) is 26.1. The SMILES string of the molecule is CC(=O)c1ccc(/N=N/C(C#N)=C2\NC(C)(C)Cc3ccccc32)cc1.CC(=O)c1ccc(/N=N/C(C(=O)N(C)C)=C2\NC(C)(C)Cc3ccccc32)cc1. The van der Waals surface area contributed by atoms with Crippen LogP contribution in [0.4, 0.5) is 11.4 Å².